The normalized spacial score (nSPS) is 34.7. The Bertz CT molecular complexity index is 603. The van der Waals surface area contributed by atoms with Gasteiger partial charge >= 0.3 is 5.69 Å². The van der Waals surface area contributed by atoms with Gasteiger partial charge in [-0.15, -0.1) is 0 Å². The van der Waals surface area contributed by atoms with E-state index in [1.807, 2.05) is 4.98 Å². The Hall–Kier alpha value is -0.820. The van der Waals surface area contributed by atoms with Gasteiger partial charge in [0, 0.05) is 6.20 Å². The van der Waals surface area contributed by atoms with Crippen LogP contribution in [0.4, 0.5) is 4.39 Å². The summed E-state index contributed by atoms with van der Waals surface area (Å²) in [6.07, 6.45) is -4.63. The number of alkyl halides is 1. The van der Waals surface area contributed by atoms with Crippen LogP contribution in [0, 0.1) is 3.57 Å². The molecule has 19 heavy (non-hydrogen) atoms. The van der Waals surface area contributed by atoms with Gasteiger partial charge in [-0.1, -0.05) is 0 Å². The molecule has 0 radical (unpaired) electrons. The summed E-state index contributed by atoms with van der Waals surface area (Å²) < 4.78 is 19.2. The molecule has 2 rings (SSSR count). The topological polar surface area (TPSA) is 125 Å². The Morgan fingerprint density at radius 3 is 2.74 bits per heavy atom. The highest BCUT2D eigenvalue weighted by Crippen LogP contribution is 2.34. The van der Waals surface area contributed by atoms with Crippen molar-refractivity contribution in [1.29, 1.82) is 0 Å². The monoisotopic (exact) mass is 388 g/mol. The molecule has 106 valence electrons. The number of rotatable bonds is 2. The van der Waals surface area contributed by atoms with Crippen molar-refractivity contribution in [2.24, 2.45) is 0 Å². The number of nitrogens with zero attached hydrogens (tertiary/aromatic N) is 1. The second-order valence-corrected chi connectivity index (χ2v) is 5.16. The number of aliphatic hydroxyl groups is 3. The number of aliphatic hydroxyl groups excluding tert-OH is 2. The number of halogens is 2. The Morgan fingerprint density at radius 2 is 2.21 bits per heavy atom. The third-order valence-electron chi connectivity index (χ3n) is 2.79. The summed E-state index contributed by atoms with van der Waals surface area (Å²) in [6.45, 7) is -0.737. The number of hydrogen-bond donors (Lipinski definition) is 4. The first-order chi connectivity index (χ1) is 8.81. The van der Waals surface area contributed by atoms with Crippen LogP contribution in [-0.2, 0) is 10.6 Å². The quantitative estimate of drug-likeness (QED) is 0.428. The average Bonchev–Trinajstić information content (AvgIpc) is 2.59. The fraction of sp³-hybridized carbons (Fsp3) is 0.556. The number of H-pyrrole nitrogens is 1. The van der Waals surface area contributed by atoms with Gasteiger partial charge in [-0.2, -0.15) is 0 Å². The van der Waals surface area contributed by atoms with E-state index in [1.54, 1.807) is 22.6 Å². The summed E-state index contributed by atoms with van der Waals surface area (Å²) in [5.41, 5.74) is -1.79. The van der Waals surface area contributed by atoms with Crippen molar-refractivity contribution in [3.63, 3.8) is 0 Å². The molecule has 1 unspecified atom stereocenters. The minimum absolute atomic E-state index is 0.0170. The van der Waals surface area contributed by atoms with Crippen LogP contribution < -0.4 is 11.2 Å². The molecule has 4 N–H and O–H groups in total. The number of aromatic nitrogens is 2. The van der Waals surface area contributed by atoms with E-state index >= 15 is 0 Å². The van der Waals surface area contributed by atoms with Crippen molar-refractivity contribution in [1.82, 2.24) is 9.55 Å². The van der Waals surface area contributed by atoms with Gasteiger partial charge in [-0.25, -0.2) is 13.8 Å². The Kier molecular flexibility index (Phi) is 3.79. The minimum Gasteiger partial charge on any atom is -0.394 e. The first-order valence-corrected chi connectivity index (χ1v) is 6.24. The van der Waals surface area contributed by atoms with Crippen molar-refractivity contribution < 1.29 is 24.4 Å². The summed E-state index contributed by atoms with van der Waals surface area (Å²) in [4.78, 5) is 24.7. The van der Waals surface area contributed by atoms with Gasteiger partial charge in [0.15, 0.2) is 0 Å². The Morgan fingerprint density at radius 1 is 1.58 bits per heavy atom. The molecule has 10 heteroatoms. The third kappa shape index (κ3) is 2.23. The maximum absolute atomic E-state index is 13.9. The largest absolute Gasteiger partial charge is 0.394 e. The van der Waals surface area contributed by atoms with Crippen LogP contribution in [0.15, 0.2) is 15.8 Å². The zero-order chi connectivity index (χ0) is 14.4. The number of ether oxygens (including phenoxy) is 1. The van der Waals surface area contributed by atoms with Crippen LogP contribution in [0.5, 0.6) is 0 Å². The SMILES string of the molecule is O=c1[nH]c(=O)n(C2(O)O[C@H](CO)[C@@H](O)[C@@H]2F)cc1I. The summed E-state index contributed by atoms with van der Waals surface area (Å²) >= 11 is 1.58. The zero-order valence-corrected chi connectivity index (χ0v) is 11.4. The lowest BCUT2D eigenvalue weighted by atomic mass is 10.1. The minimum atomic E-state index is -2.78. The Balaban J connectivity index is 2.55. The van der Waals surface area contributed by atoms with Gasteiger partial charge in [0.1, 0.15) is 12.2 Å². The summed E-state index contributed by atoms with van der Waals surface area (Å²) in [5, 5.41) is 28.4. The molecular weight excluding hydrogens is 378 g/mol. The van der Waals surface area contributed by atoms with E-state index in [0.717, 1.165) is 6.20 Å². The van der Waals surface area contributed by atoms with Crippen molar-refractivity contribution in [3.05, 3.63) is 30.6 Å². The molecule has 1 saturated heterocycles. The second-order valence-electron chi connectivity index (χ2n) is 4.00. The average molecular weight is 388 g/mol. The molecule has 1 aliphatic rings. The number of aromatic amines is 1. The molecule has 2 heterocycles. The molecule has 1 aromatic rings. The molecule has 0 amide bonds. The van der Waals surface area contributed by atoms with Gasteiger partial charge < -0.3 is 20.1 Å². The summed E-state index contributed by atoms with van der Waals surface area (Å²) in [6, 6.07) is 0. The maximum atomic E-state index is 13.9. The summed E-state index contributed by atoms with van der Waals surface area (Å²) in [5.74, 6) is -2.78. The highest BCUT2D eigenvalue weighted by Gasteiger charge is 2.56. The van der Waals surface area contributed by atoms with E-state index in [4.69, 9.17) is 9.84 Å². The fourth-order valence-electron chi connectivity index (χ4n) is 1.79. The van der Waals surface area contributed by atoms with Gasteiger partial charge in [-0.3, -0.25) is 9.78 Å². The van der Waals surface area contributed by atoms with Crippen LogP contribution in [0.2, 0.25) is 0 Å². The van der Waals surface area contributed by atoms with E-state index in [-0.39, 0.29) is 3.57 Å². The number of hydrogen-bond acceptors (Lipinski definition) is 6. The van der Waals surface area contributed by atoms with Gasteiger partial charge in [0.05, 0.1) is 10.2 Å². The van der Waals surface area contributed by atoms with Crippen LogP contribution in [-0.4, -0.2) is 49.9 Å². The van der Waals surface area contributed by atoms with Gasteiger partial charge in [-0.05, 0) is 22.6 Å². The third-order valence-corrected chi connectivity index (χ3v) is 3.56. The lowest BCUT2D eigenvalue weighted by molar-refractivity contribution is -0.279. The second kappa shape index (κ2) is 4.94. The van der Waals surface area contributed by atoms with E-state index in [1.165, 1.54) is 0 Å². The molecule has 0 aromatic carbocycles. The predicted molar refractivity (Wildman–Crippen MR) is 67.1 cm³/mol. The molecule has 1 fully saturated rings. The zero-order valence-electron chi connectivity index (χ0n) is 9.29. The fourth-order valence-corrected chi connectivity index (χ4v) is 2.20. The molecule has 1 aromatic heterocycles. The van der Waals surface area contributed by atoms with Crippen molar-refractivity contribution >= 4 is 22.6 Å². The molecule has 0 bridgehead atoms. The summed E-state index contributed by atoms with van der Waals surface area (Å²) in [7, 11) is 0. The van der Waals surface area contributed by atoms with Crippen molar-refractivity contribution in [2.75, 3.05) is 6.61 Å². The van der Waals surface area contributed by atoms with E-state index in [9.17, 15) is 24.2 Å². The van der Waals surface area contributed by atoms with Crippen LogP contribution in [0.3, 0.4) is 0 Å². The lowest BCUT2D eigenvalue weighted by Gasteiger charge is -2.26. The molecule has 1 aliphatic heterocycles. The molecule has 4 atom stereocenters. The van der Waals surface area contributed by atoms with Gasteiger partial charge in [0.2, 0.25) is 6.17 Å². The van der Waals surface area contributed by atoms with Crippen LogP contribution in [0.25, 0.3) is 0 Å². The van der Waals surface area contributed by atoms with Crippen molar-refractivity contribution in [3.8, 4) is 0 Å². The van der Waals surface area contributed by atoms with Gasteiger partial charge in [0.25, 0.3) is 11.5 Å². The van der Waals surface area contributed by atoms with Crippen LogP contribution >= 0.6 is 22.6 Å². The van der Waals surface area contributed by atoms with Crippen LogP contribution in [0.1, 0.15) is 0 Å². The van der Waals surface area contributed by atoms with E-state index < -0.39 is 42.1 Å². The highest BCUT2D eigenvalue weighted by molar-refractivity contribution is 14.1. The molecule has 0 aliphatic carbocycles. The van der Waals surface area contributed by atoms with E-state index in [2.05, 4.69) is 0 Å². The van der Waals surface area contributed by atoms with E-state index in [0.29, 0.717) is 4.57 Å². The lowest BCUT2D eigenvalue weighted by Crippen LogP contribution is -2.50. The van der Waals surface area contributed by atoms with Crippen molar-refractivity contribution in [2.45, 2.75) is 24.3 Å². The predicted octanol–water partition coefficient (Wildman–Crippen LogP) is -2.17. The molecule has 0 spiro atoms. The molecule has 0 saturated carbocycles. The Labute approximate surface area is 118 Å². The standard InChI is InChI=1S/C9H10FIN2O6/c10-6-5(15)4(2-14)19-9(6,18)13-1-3(11)7(16)12-8(13)17/h1,4-6,14-15,18H,2H2,(H,12,16,17)/t4-,5-,6+,9?/m1/s1. The first kappa shape index (κ1) is 14.6. The highest BCUT2D eigenvalue weighted by atomic mass is 127. The maximum Gasteiger partial charge on any atom is 0.332 e. The number of nitrogens with one attached hydrogen (secondary N) is 1. The first-order valence-electron chi connectivity index (χ1n) is 5.16. The smallest absolute Gasteiger partial charge is 0.332 e. The molecular formula is C9H10FIN2O6. The molecule has 8 nitrogen and oxygen atoms in total.